The minimum Gasteiger partial charge on any atom is -0.480 e. The van der Waals surface area contributed by atoms with Gasteiger partial charge in [0.2, 0.25) is 0 Å². The largest absolute Gasteiger partial charge is 0.480 e. The van der Waals surface area contributed by atoms with E-state index >= 15 is 0 Å². The Hall–Kier alpha value is -2.11. The fourth-order valence-electron chi connectivity index (χ4n) is 2.66. The molecule has 1 aromatic heterocycles. The van der Waals surface area contributed by atoms with Crippen molar-refractivity contribution < 1.29 is 14.7 Å². The summed E-state index contributed by atoms with van der Waals surface area (Å²) < 4.78 is 0. The quantitative estimate of drug-likeness (QED) is 0.887. The molecule has 114 valence electrons. The number of hydrogen-bond donors (Lipinski definition) is 2. The first kappa shape index (κ1) is 15.3. The Bertz CT molecular complexity index is 492. The molecule has 1 aliphatic heterocycles. The van der Waals surface area contributed by atoms with Crippen LogP contribution < -0.4 is 5.32 Å². The average molecular weight is 291 g/mol. The maximum absolute atomic E-state index is 12.2. The van der Waals surface area contributed by atoms with Gasteiger partial charge in [-0.2, -0.15) is 0 Å². The summed E-state index contributed by atoms with van der Waals surface area (Å²) in [6.07, 6.45) is 4.00. The Morgan fingerprint density at radius 3 is 2.90 bits per heavy atom. The minimum absolute atomic E-state index is 0.305. The number of urea groups is 1. The highest BCUT2D eigenvalue weighted by molar-refractivity contribution is 5.82. The van der Waals surface area contributed by atoms with Gasteiger partial charge in [-0.05, 0) is 30.9 Å². The molecule has 21 heavy (non-hydrogen) atoms. The molecule has 6 heteroatoms. The Morgan fingerprint density at radius 2 is 2.29 bits per heavy atom. The molecule has 2 atom stereocenters. The Kier molecular flexibility index (Phi) is 5.14. The highest BCUT2D eigenvalue weighted by atomic mass is 16.4. The van der Waals surface area contributed by atoms with E-state index in [9.17, 15) is 14.7 Å². The summed E-state index contributed by atoms with van der Waals surface area (Å²) in [5.74, 6) is -0.549. The van der Waals surface area contributed by atoms with E-state index in [1.165, 1.54) is 4.90 Å². The van der Waals surface area contributed by atoms with Gasteiger partial charge in [-0.1, -0.05) is 19.4 Å². The Labute approximate surface area is 124 Å². The van der Waals surface area contributed by atoms with Crippen LogP contribution in [0.3, 0.4) is 0 Å². The highest BCUT2D eigenvalue weighted by Gasteiger charge is 2.35. The molecular weight excluding hydrogens is 270 g/mol. The monoisotopic (exact) mass is 291 g/mol. The lowest BCUT2D eigenvalue weighted by Gasteiger charge is -2.36. The second-order valence-corrected chi connectivity index (χ2v) is 5.33. The number of likely N-dealkylation sites (tertiary alicyclic amines) is 1. The van der Waals surface area contributed by atoms with Gasteiger partial charge in [-0.3, -0.25) is 4.98 Å². The van der Waals surface area contributed by atoms with Crippen molar-refractivity contribution in [3.05, 3.63) is 30.1 Å². The number of carboxylic acid groups (broad SMARTS) is 1. The molecule has 1 aliphatic rings. The average Bonchev–Trinajstić information content (AvgIpc) is 2.52. The van der Waals surface area contributed by atoms with Gasteiger partial charge in [0.1, 0.15) is 6.04 Å². The fourth-order valence-corrected chi connectivity index (χ4v) is 2.66. The van der Waals surface area contributed by atoms with E-state index < -0.39 is 12.0 Å². The topological polar surface area (TPSA) is 82.5 Å². The van der Waals surface area contributed by atoms with Crippen LogP contribution in [0.25, 0.3) is 0 Å². The van der Waals surface area contributed by atoms with Crippen LogP contribution in [0.2, 0.25) is 0 Å². The van der Waals surface area contributed by atoms with Crippen molar-refractivity contribution in [2.45, 2.75) is 38.8 Å². The van der Waals surface area contributed by atoms with Crippen LogP contribution in [-0.4, -0.2) is 39.6 Å². The first-order valence-corrected chi connectivity index (χ1v) is 7.29. The number of amides is 2. The summed E-state index contributed by atoms with van der Waals surface area (Å²) in [5, 5.41) is 12.1. The summed E-state index contributed by atoms with van der Waals surface area (Å²) in [6.45, 7) is 2.85. The number of nitrogens with zero attached hydrogens (tertiary/aromatic N) is 2. The van der Waals surface area contributed by atoms with Gasteiger partial charge < -0.3 is 15.3 Å². The number of aliphatic carboxylic acids is 1. The summed E-state index contributed by atoms with van der Waals surface area (Å²) in [7, 11) is 0. The van der Waals surface area contributed by atoms with Gasteiger partial charge in [-0.25, -0.2) is 9.59 Å². The molecule has 2 rings (SSSR count). The molecule has 2 heterocycles. The molecule has 2 N–H and O–H groups in total. The molecule has 0 spiro atoms. The standard InChI is InChI=1S/C15H21N3O3/c1-2-11-6-8-18(13(9-11)14(19)20)15(21)17-10-12-5-3-4-7-16-12/h3-5,7,11,13H,2,6,8-10H2,1H3,(H,17,21)(H,19,20). The van der Waals surface area contributed by atoms with E-state index in [2.05, 4.69) is 17.2 Å². The maximum atomic E-state index is 12.2. The van der Waals surface area contributed by atoms with Crippen LogP contribution in [0.15, 0.2) is 24.4 Å². The van der Waals surface area contributed by atoms with Crippen LogP contribution in [-0.2, 0) is 11.3 Å². The molecule has 2 amide bonds. The number of aromatic nitrogens is 1. The van der Waals surface area contributed by atoms with Crippen molar-refractivity contribution in [1.82, 2.24) is 15.2 Å². The summed E-state index contributed by atoms with van der Waals surface area (Å²) >= 11 is 0. The Balaban J connectivity index is 1.95. The van der Waals surface area contributed by atoms with Gasteiger partial charge in [-0.15, -0.1) is 0 Å². The van der Waals surface area contributed by atoms with Crippen LogP contribution >= 0.6 is 0 Å². The number of piperidine rings is 1. The van der Waals surface area contributed by atoms with E-state index in [1.54, 1.807) is 12.3 Å². The van der Waals surface area contributed by atoms with Crippen molar-refractivity contribution >= 4 is 12.0 Å². The van der Waals surface area contributed by atoms with Gasteiger partial charge >= 0.3 is 12.0 Å². The maximum Gasteiger partial charge on any atom is 0.326 e. The lowest BCUT2D eigenvalue weighted by molar-refractivity contribution is -0.144. The SMILES string of the molecule is CCC1CCN(C(=O)NCc2ccccn2)C(C(=O)O)C1. The number of carbonyl (C=O) groups is 2. The molecule has 1 saturated heterocycles. The Morgan fingerprint density at radius 1 is 1.48 bits per heavy atom. The molecule has 2 unspecified atom stereocenters. The first-order chi connectivity index (χ1) is 10.1. The van der Waals surface area contributed by atoms with Gasteiger partial charge in [0.15, 0.2) is 0 Å². The van der Waals surface area contributed by atoms with Crippen molar-refractivity contribution in [3.8, 4) is 0 Å². The third-order valence-electron chi connectivity index (χ3n) is 3.98. The van der Waals surface area contributed by atoms with Gasteiger partial charge in [0.05, 0.1) is 12.2 Å². The number of pyridine rings is 1. The first-order valence-electron chi connectivity index (χ1n) is 7.29. The zero-order chi connectivity index (χ0) is 15.2. The molecule has 0 aliphatic carbocycles. The molecule has 1 aromatic rings. The number of carbonyl (C=O) groups excluding carboxylic acids is 1. The number of rotatable bonds is 4. The molecule has 0 aromatic carbocycles. The number of carboxylic acids is 1. The van der Waals surface area contributed by atoms with E-state index in [-0.39, 0.29) is 6.03 Å². The van der Waals surface area contributed by atoms with E-state index in [1.807, 2.05) is 12.1 Å². The van der Waals surface area contributed by atoms with E-state index in [4.69, 9.17) is 0 Å². The molecule has 1 fully saturated rings. The summed E-state index contributed by atoms with van der Waals surface area (Å²) in [6, 6.07) is 4.41. The predicted molar refractivity (Wildman–Crippen MR) is 77.6 cm³/mol. The third kappa shape index (κ3) is 3.93. The fraction of sp³-hybridized carbons (Fsp3) is 0.533. The zero-order valence-electron chi connectivity index (χ0n) is 12.2. The molecular formula is C15H21N3O3. The van der Waals surface area contributed by atoms with Crippen molar-refractivity contribution in [1.29, 1.82) is 0 Å². The molecule has 0 radical (unpaired) electrons. The van der Waals surface area contributed by atoms with Crippen molar-refractivity contribution in [3.63, 3.8) is 0 Å². The second kappa shape index (κ2) is 7.06. The van der Waals surface area contributed by atoms with E-state index in [0.717, 1.165) is 18.5 Å². The summed E-state index contributed by atoms with van der Waals surface area (Å²) in [5.41, 5.74) is 0.751. The second-order valence-electron chi connectivity index (χ2n) is 5.33. The van der Waals surface area contributed by atoms with Crippen LogP contribution in [0.5, 0.6) is 0 Å². The smallest absolute Gasteiger partial charge is 0.326 e. The highest BCUT2D eigenvalue weighted by Crippen LogP contribution is 2.25. The van der Waals surface area contributed by atoms with Gasteiger partial charge in [0.25, 0.3) is 0 Å². The molecule has 6 nitrogen and oxygen atoms in total. The minimum atomic E-state index is -0.930. The lowest BCUT2D eigenvalue weighted by atomic mass is 9.89. The van der Waals surface area contributed by atoms with Crippen LogP contribution in [0.1, 0.15) is 31.9 Å². The normalized spacial score (nSPS) is 21.9. The van der Waals surface area contributed by atoms with Gasteiger partial charge in [0, 0.05) is 12.7 Å². The molecule has 0 bridgehead atoms. The van der Waals surface area contributed by atoms with Crippen molar-refractivity contribution in [2.75, 3.05) is 6.54 Å². The third-order valence-corrected chi connectivity index (χ3v) is 3.98. The van der Waals surface area contributed by atoms with Crippen molar-refractivity contribution in [2.24, 2.45) is 5.92 Å². The number of hydrogen-bond acceptors (Lipinski definition) is 3. The van der Waals surface area contributed by atoms with Crippen LogP contribution in [0, 0.1) is 5.92 Å². The predicted octanol–water partition coefficient (Wildman–Crippen LogP) is 1.87. The lowest BCUT2D eigenvalue weighted by Crippen LogP contribution is -2.53. The van der Waals surface area contributed by atoms with E-state index in [0.29, 0.717) is 25.4 Å². The summed E-state index contributed by atoms with van der Waals surface area (Å²) in [4.78, 5) is 29.1. The van der Waals surface area contributed by atoms with Crippen LogP contribution in [0.4, 0.5) is 4.79 Å². The number of nitrogens with one attached hydrogen (secondary N) is 1. The zero-order valence-corrected chi connectivity index (χ0v) is 12.2. The molecule has 0 saturated carbocycles.